The number of likely N-dealkylation sites (tertiary alicyclic amines) is 1. The Hall–Kier alpha value is -1.88. The molecule has 1 heterocycles. The van der Waals surface area contributed by atoms with Gasteiger partial charge in [-0.2, -0.15) is 0 Å². The average Bonchev–Trinajstić information content (AvgIpc) is 2.88. The number of methoxy groups -OCH3 is 1. The van der Waals surface area contributed by atoms with Crippen LogP contribution in [0.3, 0.4) is 0 Å². The van der Waals surface area contributed by atoms with Crippen molar-refractivity contribution in [3.05, 3.63) is 35.9 Å². The first-order valence-electron chi connectivity index (χ1n) is 6.94. The van der Waals surface area contributed by atoms with E-state index in [1.54, 1.807) is 7.11 Å². The van der Waals surface area contributed by atoms with Crippen molar-refractivity contribution in [2.75, 3.05) is 20.3 Å². The van der Waals surface area contributed by atoms with E-state index in [1.807, 2.05) is 31.2 Å². The molecule has 0 spiro atoms. The number of hydrogen-bond donors (Lipinski definition) is 1. The smallest absolute Gasteiger partial charge is 0.247 e. The maximum Gasteiger partial charge on any atom is 0.247 e. The number of para-hydroxylation sites is 1. The van der Waals surface area contributed by atoms with Gasteiger partial charge in [0.1, 0.15) is 11.9 Å². The Morgan fingerprint density at radius 3 is 2.90 bits per heavy atom. The van der Waals surface area contributed by atoms with E-state index >= 15 is 0 Å². The molecule has 0 unspecified atom stereocenters. The summed E-state index contributed by atoms with van der Waals surface area (Å²) in [7, 11) is 1.57. The van der Waals surface area contributed by atoms with Gasteiger partial charge in [0.25, 0.3) is 0 Å². The number of aliphatic hydroxyl groups excluding tert-OH is 1. The van der Waals surface area contributed by atoms with Gasteiger partial charge < -0.3 is 14.7 Å². The lowest BCUT2D eigenvalue weighted by atomic mass is 10.1. The second-order valence-electron chi connectivity index (χ2n) is 5.19. The second-order valence-corrected chi connectivity index (χ2v) is 5.19. The largest absolute Gasteiger partial charge is 0.496 e. The molecule has 5 heteroatoms. The van der Waals surface area contributed by atoms with Crippen LogP contribution >= 0.6 is 0 Å². The molecule has 0 saturated carbocycles. The number of benzene rings is 1. The molecule has 1 amide bonds. The highest BCUT2D eigenvalue weighted by Gasteiger charge is 2.34. The molecule has 1 saturated heterocycles. The topological polar surface area (TPSA) is 49.8 Å². The van der Waals surface area contributed by atoms with Crippen molar-refractivity contribution < 1.29 is 19.0 Å². The number of carbonyl (C=O) groups excluding carboxylic acids is 1. The maximum absolute atomic E-state index is 13.4. The molecular weight excluding hydrogens is 273 g/mol. The fourth-order valence-corrected chi connectivity index (χ4v) is 2.62. The van der Waals surface area contributed by atoms with Crippen LogP contribution in [-0.2, 0) is 4.79 Å². The van der Waals surface area contributed by atoms with Crippen molar-refractivity contribution in [3.8, 4) is 5.75 Å². The Morgan fingerprint density at radius 1 is 1.52 bits per heavy atom. The molecule has 2 atom stereocenters. The highest BCUT2D eigenvalue weighted by Crippen LogP contribution is 2.26. The van der Waals surface area contributed by atoms with E-state index in [0.29, 0.717) is 5.75 Å². The number of rotatable bonds is 4. The van der Waals surface area contributed by atoms with Crippen LogP contribution in [0.4, 0.5) is 4.39 Å². The van der Waals surface area contributed by atoms with E-state index in [0.717, 1.165) is 11.1 Å². The molecule has 0 radical (unpaired) electrons. The monoisotopic (exact) mass is 293 g/mol. The van der Waals surface area contributed by atoms with Gasteiger partial charge in [-0.25, -0.2) is 4.39 Å². The first-order chi connectivity index (χ1) is 10.1. The number of amides is 1. The third-order valence-corrected chi connectivity index (χ3v) is 3.73. The summed E-state index contributed by atoms with van der Waals surface area (Å²) >= 11 is 0. The van der Waals surface area contributed by atoms with Crippen LogP contribution in [0, 0.1) is 0 Å². The fourth-order valence-electron chi connectivity index (χ4n) is 2.62. The quantitative estimate of drug-likeness (QED) is 0.864. The predicted molar refractivity (Wildman–Crippen MR) is 78.7 cm³/mol. The molecule has 0 bridgehead atoms. The zero-order valence-electron chi connectivity index (χ0n) is 12.3. The number of halogens is 1. The van der Waals surface area contributed by atoms with Crippen molar-refractivity contribution in [3.63, 3.8) is 0 Å². The molecule has 1 aromatic rings. The summed E-state index contributed by atoms with van der Waals surface area (Å²) in [5, 5.41) is 9.24. The summed E-state index contributed by atoms with van der Waals surface area (Å²) in [5.41, 5.74) is 1.57. The standard InChI is InChI=1S/C16H20FNO3/c1-11(14-5-3-4-6-15(14)21-2)7-16(20)18-9-12(17)8-13(18)10-19/h3-7,12-13,19H,8-10H2,1-2H3/b11-7+/t12-,13-/m0/s1. The molecular formula is C16H20FNO3. The van der Waals surface area contributed by atoms with Gasteiger partial charge in [-0.15, -0.1) is 0 Å². The van der Waals surface area contributed by atoms with E-state index in [4.69, 9.17) is 4.74 Å². The number of ether oxygens (including phenoxy) is 1. The molecule has 0 aliphatic carbocycles. The van der Waals surface area contributed by atoms with Gasteiger partial charge in [0.2, 0.25) is 5.91 Å². The van der Waals surface area contributed by atoms with Crippen LogP contribution < -0.4 is 4.74 Å². The lowest BCUT2D eigenvalue weighted by Gasteiger charge is -2.21. The van der Waals surface area contributed by atoms with Crippen molar-refractivity contribution >= 4 is 11.5 Å². The molecule has 4 nitrogen and oxygen atoms in total. The van der Waals surface area contributed by atoms with Gasteiger partial charge in [-0.05, 0) is 18.6 Å². The summed E-state index contributed by atoms with van der Waals surface area (Å²) in [5.74, 6) is 0.403. The average molecular weight is 293 g/mol. The van der Waals surface area contributed by atoms with Crippen LogP contribution in [-0.4, -0.2) is 48.4 Å². The summed E-state index contributed by atoms with van der Waals surface area (Å²) < 4.78 is 18.7. The van der Waals surface area contributed by atoms with Crippen LogP contribution in [0.25, 0.3) is 5.57 Å². The Labute approximate surface area is 123 Å². The third kappa shape index (κ3) is 3.42. The minimum Gasteiger partial charge on any atom is -0.496 e. The van der Waals surface area contributed by atoms with E-state index in [-0.39, 0.29) is 25.5 Å². The van der Waals surface area contributed by atoms with Crippen molar-refractivity contribution in [1.82, 2.24) is 4.90 Å². The zero-order chi connectivity index (χ0) is 15.4. The Balaban J connectivity index is 2.20. The maximum atomic E-state index is 13.4. The van der Waals surface area contributed by atoms with Crippen LogP contribution in [0.1, 0.15) is 18.9 Å². The van der Waals surface area contributed by atoms with Crippen LogP contribution in [0.2, 0.25) is 0 Å². The summed E-state index contributed by atoms with van der Waals surface area (Å²) in [6.45, 7) is 1.64. The molecule has 1 aliphatic rings. The minimum absolute atomic E-state index is 0.0414. The fraction of sp³-hybridized carbons (Fsp3) is 0.438. The number of carbonyl (C=O) groups is 1. The molecule has 2 rings (SSSR count). The van der Waals surface area contributed by atoms with Gasteiger partial charge >= 0.3 is 0 Å². The van der Waals surface area contributed by atoms with E-state index in [9.17, 15) is 14.3 Å². The lowest BCUT2D eigenvalue weighted by molar-refractivity contribution is -0.127. The number of hydrogen-bond acceptors (Lipinski definition) is 3. The van der Waals surface area contributed by atoms with E-state index in [1.165, 1.54) is 11.0 Å². The summed E-state index contributed by atoms with van der Waals surface area (Å²) in [4.78, 5) is 13.7. The zero-order valence-corrected chi connectivity index (χ0v) is 12.3. The van der Waals surface area contributed by atoms with Gasteiger partial charge in [-0.1, -0.05) is 18.2 Å². The van der Waals surface area contributed by atoms with Gasteiger partial charge in [0.05, 0.1) is 26.3 Å². The second kappa shape index (κ2) is 6.72. The molecule has 1 N–H and O–H groups in total. The van der Waals surface area contributed by atoms with Crippen molar-refractivity contribution in [2.45, 2.75) is 25.6 Å². The van der Waals surface area contributed by atoms with Crippen LogP contribution in [0.15, 0.2) is 30.3 Å². The number of allylic oxidation sites excluding steroid dienone is 1. The Morgan fingerprint density at radius 2 is 2.24 bits per heavy atom. The minimum atomic E-state index is -1.06. The first-order valence-corrected chi connectivity index (χ1v) is 6.94. The van der Waals surface area contributed by atoms with Gasteiger partial charge in [0, 0.05) is 18.1 Å². The third-order valence-electron chi connectivity index (χ3n) is 3.73. The Kier molecular flexibility index (Phi) is 4.96. The molecule has 1 fully saturated rings. The molecule has 21 heavy (non-hydrogen) atoms. The van der Waals surface area contributed by atoms with Crippen molar-refractivity contribution in [2.24, 2.45) is 0 Å². The number of alkyl halides is 1. The summed E-state index contributed by atoms with van der Waals surface area (Å²) in [6.07, 6.45) is 0.605. The molecule has 1 aliphatic heterocycles. The Bertz CT molecular complexity index is 544. The molecule has 0 aromatic heterocycles. The van der Waals surface area contributed by atoms with Gasteiger partial charge in [-0.3, -0.25) is 4.79 Å². The molecule has 1 aromatic carbocycles. The lowest BCUT2D eigenvalue weighted by Crippen LogP contribution is -2.36. The highest BCUT2D eigenvalue weighted by atomic mass is 19.1. The van der Waals surface area contributed by atoms with Crippen LogP contribution in [0.5, 0.6) is 5.75 Å². The normalized spacial score (nSPS) is 22.5. The van der Waals surface area contributed by atoms with E-state index < -0.39 is 12.2 Å². The first kappa shape index (κ1) is 15.5. The SMILES string of the molecule is COc1ccccc1/C(C)=C/C(=O)N1C[C@@H](F)C[C@H]1CO. The summed E-state index contributed by atoms with van der Waals surface area (Å²) in [6, 6.07) is 6.97. The van der Waals surface area contributed by atoms with Crippen molar-refractivity contribution in [1.29, 1.82) is 0 Å². The highest BCUT2D eigenvalue weighted by molar-refractivity contribution is 5.95. The predicted octanol–water partition coefficient (Wildman–Crippen LogP) is 2.03. The van der Waals surface area contributed by atoms with Gasteiger partial charge in [0.15, 0.2) is 0 Å². The number of aliphatic hydroxyl groups is 1. The number of nitrogens with zero attached hydrogens (tertiary/aromatic N) is 1. The van der Waals surface area contributed by atoms with E-state index in [2.05, 4.69) is 0 Å². The molecule has 114 valence electrons.